The highest BCUT2D eigenvalue weighted by atomic mass is 32.1. The fourth-order valence-corrected chi connectivity index (χ4v) is 1.59. The molecule has 0 aliphatic heterocycles. The predicted octanol–water partition coefficient (Wildman–Crippen LogP) is 1.41. The molecule has 4 nitrogen and oxygen atoms in total. The number of nitrogens with one attached hydrogen (secondary N) is 1. The van der Waals surface area contributed by atoms with Gasteiger partial charge in [-0.3, -0.25) is 4.79 Å². The summed E-state index contributed by atoms with van der Waals surface area (Å²) in [5.74, 6) is 0.112. The highest BCUT2D eigenvalue weighted by Crippen LogP contribution is 2.10. The van der Waals surface area contributed by atoms with Gasteiger partial charge in [0.1, 0.15) is 6.61 Å². The van der Waals surface area contributed by atoms with Crippen LogP contribution in [0.4, 0.5) is 0 Å². The minimum Gasteiger partial charge on any atom is -0.468 e. The van der Waals surface area contributed by atoms with E-state index in [2.05, 4.69) is 9.97 Å². The molecule has 2 aromatic rings. The van der Waals surface area contributed by atoms with Crippen molar-refractivity contribution in [2.45, 2.75) is 6.61 Å². The van der Waals surface area contributed by atoms with Gasteiger partial charge in [0.25, 0.3) is 5.88 Å². The molecule has 2 heterocycles. The van der Waals surface area contributed by atoms with E-state index in [-0.39, 0.29) is 11.4 Å². The summed E-state index contributed by atoms with van der Waals surface area (Å²) in [6.45, 7) is 0.387. The number of aromatic amines is 1. The first-order chi connectivity index (χ1) is 6.86. The van der Waals surface area contributed by atoms with E-state index < -0.39 is 0 Å². The SMILES string of the molecule is O=c1[nH]ccnc1OCc1cccs1. The second-order valence-corrected chi connectivity index (χ2v) is 3.62. The summed E-state index contributed by atoms with van der Waals surface area (Å²) in [6.07, 6.45) is 2.96. The van der Waals surface area contributed by atoms with Crippen molar-refractivity contribution in [3.8, 4) is 5.88 Å². The first kappa shape index (κ1) is 8.96. The van der Waals surface area contributed by atoms with Crippen LogP contribution >= 0.6 is 11.3 Å². The van der Waals surface area contributed by atoms with Gasteiger partial charge in [-0.05, 0) is 11.4 Å². The van der Waals surface area contributed by atoms with Crippen molar-refractivity contribution in [1.82, 2.24) is 9.97 Å². The molecule has 0 radical (unpaired) electrons. The number of thiophene rings is 1. The van der Waals surface area contributed by atoms with Gasteiger partial charge in [-0.2, -0.15) is 0 Å². The standard InChI is InChI=1S/C9H8N2O2S/c12-8-9(11-4-3-10-8)13-6-7-2-1-5-14-7/h1-5H,6H2,(H,10,12). The third-order valence-corrected chi connectivity index (χ3v) is 2.46. The smallest absolute Gasteiger partial charge is 0.310 e. The van der Waals surface area contributed by atoms with E-state index in [0.29, 0.717) is 6.61 Å². The summed E-state index contributed by atoms with van der Waals surface area (Å²) >= 11 is 1.58. The second-order valence-electron chi connectivity index (χ2n) is 2.59. The Morgan fingerprint density at radius 3 is 3.21 bits per heavy atom. The van der Waals surface area contributed by atoms with Gasteiger partial charge in [0.05, 0.1) is 0 Å². The Hall–Kier alpha value is -1.62. The quantitative estimate of drug-likeness (QED) is 0.829. The lowest BCUT2D eigenvalue weighted by Crippen LogP contribution is -2.11. The predicted molar refractivity (Wildman–Crippen MR) is 53.5 cm³/mol. The van der Waals surface area contributed by atoms with Crippen molar-refractivity contribution in [2.75, 3.05) is 0 Å². The largest absolute Gasteiger partial charge is 0.468 e. The molecule has 0 spiro atoms. The number of ether oxygens (including phenoxy) is 1. The van der Waals surface area contributed by atoms with Crippen molar-refractivity contribution >= 4 is 11.3 Å². The number of H-pyrrole nitrogens is 1. The zero-order chi connectivity index (χ0) is 9.80. The molecule has 2 aromatic heterocycles. The van der Waals surface area contributed by atoms with Crippen molar-refractivity contribution in [3.05, 3.63) is 45.1 Å². The fraction of sp³-hybridized carbons (Fsp3) is 0.111. The number of nitrogens with zero attached hydrogens (tertiary/aromatic N) is 1. The Kier molecular flexibility index (Phi) is 2.60. The minimum absolute atomic E-state index is 0.112. The zero-order valence-electron chi connectivity index (χ0n) is 7.27. The van der Waals surface area contributed by atoms with E-state index in [0.717, 1.165) is 4.88 Å². The van der Waals surface area contributed by atoms with Crippen LogP contribution in [0, 0.1) is 0 Å². The molecular weight excluding hydrogens is 200 g/mol. The lowest BCUT2D eigenvalue weighted by molar-refractivity contribution is 0.292. The highest BCUT2D eigenvalue weighted by Gasteiger charge is 2.01. The van der Waals surface area contributed by atoms with Crippen molar-refractivity contribution in [3.63, 3.8) is 0 Å². The third-order valence-electron chi connectivity index (χ3n) is 1.61. The maximum absolute atomic E-state index is 11.1. The summed E-state index contributed by atoms with van der Waals surface area (Å²) in [6, 6.07) is 3.88. The average Bonchev–Trinajstić information content (AvgIpc) is 2.69. The van der Waals surface area contributed by atoms with E-state index in [1.54, 1.807) is 11.3 Å². The maximum atomic E-state index is 11.1. The van der Waals surface area contributed by atoms with Crippen LogP contribution in [0.1, 0.15) is 4.88 Å². The molecule has 0 saturated heterocycles. The fourth-order valence-electron chi connectivity index (χ4n) is 0.975. The molecule has 2 rings (SSSR count). The van der Waals surface area contributed by atoms with Gasteiger partial charge in [0.15, 0.2) is 0 Å². The first-order valence-electron chi connectivity index (χ1n) is 4.05. The summed E-state index contributed by atoms with van der Waals surface area (Å²) in [4.78, 5) is 18.5. The van der Waals surface area contributed by atoms with E-state index in [4.69, 9.17) is 4.74 Å². The summed E-state index contributed by atoms with van der Waals surface area (Å²) in [5, 5.41) is 1.96. The van der Waals surface area contributed by atoms with Gasteiger partial charge in [-0.1, -0.05) is 6.07 Å². The van der Waals surface area contributed by atoms with E-state index in [1.165, 1.54) is 12.4 Å². The molecule has 0 aliphatic rings. The molecule has 0 fully saturated rings. The van der Waals surface area contributed by atoms with Crippen LogP contribution < -0.4 is 10.3 Å². The Morgan fingerprint density at radius 2 is 2.50 bits per heavy atom. The molecule has 0 saturated carbocycles. The van der Waals surface area contributed by atoms with Gasteiger partial charge < -0.3 is 9.72 Å². The molecule has 0 unspecified atom stereocenters. The first-order valence-corrected chi connectivity index (χ1v) is 4.93. The van der Waals surface area contributed by atoms with Crippen LogP contribution in [-0.4, -0.2) is 9.97 Å². The van der Waals surface area contributed by atoms with Crippen molar-refractivity contribution in [1.29, 1.82) is 0 Å². The number of aromatic nitrogens is 2. The van der Waals surface area contributed by atoms with Crippen LogP contribution in [0.3, 0.4) is 0 Å². The Labute approximate surface area is 84.2 Å². The Bertz CT molecular complexity index is 450. The number of rotatable bonds is 3. The summed E-state index contributed by atoms with van der Waals surface area (Å²) < 4.78 is 5.24. The molecule has 0 aliphatic carbocycles. The summed E-state index contributed by atoms with van der Waals surface area (Å²) in [7, 11) is 0. The van der Waals surface area contributed by atoms with Crippen molar-refractivity contribution < 1.29 is 4.74 Å². The molecule has 14 heavy (non-hydrogen) atoms. The molecule has 72 valence electrons. The lowest BCUT2D eigenvalue weighted by Gasteiger charge is -2.00. The molecular formula is C9H8N2O2S. The number of hydrogen-bond acceptors (Lipinski definition) is 4. The normalized spacial score (nSPS) is 10.0. The molecule has 5 heteroatoms. The monoisotopic (exact) mass is 208 g/mol. The van der Waals surface area contributed by atoms with Crippen LogP contribution in [0.15, 0.2) is 34.7 Å². The van der Waals surface area contributed by atoms with E-state index >= 15 is 0 Å². The topological polar surface area (TPSA) is 55.0 Å². The Balaban J connectivity index is 2.06. The molecule has 0 aromatic carbocycles. The van der Waals surface area contributed by atoms with Gasteiger partial charge in [0.2, 0.25) is 0 Å². The highest BCUT2D eigenvalue weighted by molar-refractivity contribution is 7.09. The lowest BCUT2D eigenvalue weighted by atomic mass is 10.5. The molecule has 0 amide bonds. The van der Waals surface area contributed by atoms with Crippen LogP contribution in [0.25, 0.3) is 0 Å². The minimum atomic E-state index is -0.302. The van der Waals surface area contributed by atoms with Crippen LogP contribution in [0.5, 0.6) is 5.88 Å². The number of hydrogen-bond donors (Lipinski definition) is 1. The third kappa shape index (κ3) is 2.00. The maximum Gasteiger partial charge on any atom is 0.310 e. The second kappa shape index (κ2) is 4.06. The average molecular weight is 208 g/mol. The van der Waals surface area contributed by atoms with E-state index in [9.17, 15) is 4.79 Å². The van der Waals surface area contributed by atoms with Crippen LogP contribution in [0.2, 0.25) is 0 Å². The van der Waals surface area contributed by atoms with Crippen LogP contribution in [-0.2, 0) is 6.61 Å². The van der Waals surface area contributed by atoms with Gasteiger partial charge in [-0.25, -0.2) is 4.98 Å². The molecule has 1 N–H and O–H groups in total. The van der Waals surface area contributed by atoms with E-state index in [1.807, 2.05) is 17.5 Å². The molecule has 0 bridgehead atoms. The molecule has 0 atom stereocenters. The van der Waals surface area contributed by atoms with Gasteiger partial charge in [0, 0.05) is 17.3 Å². The van der Waals surface area contributed by atoms with Gasteiger partial charge in [-0.15, -0.1) is 11.3 Å². The Morgan fingerprint density at radius 1 is 1.57 bits per heavy atom. The summed E-state index contributed by atoms with van der Waals surface area (Å²) in [5.41, 5.74) is -0.302. The van der Waals surface area contributed by atoms with Gasteiger partial charge >= 0.3 is 5.56 Å². The zero-order valence-corrected chi connectivity index (χ0v) is 8.08. The van der Waals surface area contributed by atoms with Crippen molar-refractivity contribution in [2.24, 2.45) is 0 Å².